The Kier molecular flexibility index (Phi) is 2.64. The van der Waals surface area contributed by atoms with Crippen molar-refractivity contribution in [3.05, 3.63) is 0 Å². The lowest BCUT2D eigenvalue weighted by atomic mass is 10.4. The second-order valence-electron chi connectivity index (χ2n) is 2.40. The van der Waals surface area contributed by atoms with Crippen molar-refractivity contribution in [2.45, 2.75) is 12.8 Å². The fourth-order valence-electron chi connectivity index (χ4n) is 1.26. The van der Waals surface area contributed by atoms with Gasteiger partial charge in [0, 0.05) is 12.8 Å². The largest absolute Gasteiger partial charge is 0.334 e. The van der Waals surface area contributed by atoms with Crippen molar-refractivity contribution >= 4 is 11.6 Å². The summed E-state index contributed by atoms with van der Waals surface area (Å²) in [6.45, 7) is 3.88. The molecular formula is C6H13ClN+. The molecule has 1 rings (SSSR count). The number of halogens is 1. The van der Waals surface area contributed by atoms with Gasteiger partial charge >= 0.3 is 0 Å². The standard InChI is InChI=1S/C6H12ClN/c7-3-6-8-4-1-2-5-8/h1-6H2/p+1. The molecule has 1 aliphatic rings. The van der Waals surface area contributed by atoms with Crippen LogP contribution in [-0.2, 0) is 0 Å². The molecule has 8 heavy (non-hydrogen) atoms. The molecule has 0 amide bonds. The minimum Gasteiger partial charge on any atom is -0.334 e. The number of hydrogen-bond acceptors (Lipinski definition) is 0. The SMILES string of the molecule is ClCC[NH+]1CCCC1. The zero-order valence-electron chi connectivity index (χ0n) is 5.12. The van der Waals surface area contributed by atoms with Crippen molar-refractivity contribution in [2.24, 2.45) is 0 Å². The molecule has 1 fully saturated rings. The van der Waals surface area contributed by atoms with E-state index in [9.17, 15) is 0 Å². The van der Waals surface area contributed by atoms with Gasteiger partial charge in [0.15, 0.2) is 0 Å². The third kappa shape index (κ3) is 1.64. The number of alkyl halides is 1. The summed E-state index contributed by atoms with van der Waals surface area (Å²) >= 11 is 5.56. The fourth-order valence-corrected chi connectivity index (χ4v) is 1.53. The monoisotopic (exact) mass is 134 g/mol. The molecule has 0 saturated carbocycles. The minimum absolute atomic E-state index is 0.829. The molecular weight excluding hydrogens is 122 g/mol. The van der Waals surface area contributed by atoms with E-state index in [2.05, 4.69) is 0 Å². The van der Waals surface area contributed by atoms with Crippen LogP contribution in [0.2, 0.25) is 0 Å². The predicted molar refractivity (Wildman–Crippen MR) is 35.5 cm³/mol. The van der Waals surface area contributed by atoms with Gasteiger partial charge in [-0.15, -0.1) is 11.6 Å². The molecule has 1 saturated heterocycles. The minimum atomic E-state index is 0.829. The Labute approximate surface area is 55.6 Å². The second kappa shape index (κ2) is 3.31. The van der Waals surface area contributed by atoms with Crippen LogP contribution in [0.4, 0.5) is 0 Å². The highest BCUT2D eigenvalue weighted by atomic mass is 35.5. The summed E-state index contributed by atoms with van der Waals surface area (Å²) in [4.78, 5) is 1.69. The van der Waals surface area contributed by atoms with E-state index < -0.39 is 0 Å². The Morgan fingerprint density at radius 1 is 1.25 bits per heavy atom. The molecule has 0 aliphatic carbocycles. The topological polar surface area (TPSA) is 4.44 Å². The van der Waals surface area contributed by atoms with Crippen LogP contribution in [0.1, 0.15) is 12.8 Å². The average Bonchev–Trinajstić information content (AvgIpc) is 2.19. The number of hydrogen-bond donors (Lipinski definition) is 1. The van der Waals surface area contributed by atoms with Crippen LogP contribution in [-0.4, -0.2) is 25.5 Å². The van der Waals surface area contributed by atoms with Crippen LogP contribution in [0.3, 0.4) is 0 Å². The zero-order valence-corrected chi connectivity index (χ0v) is 5.88. The van der Waals surface area contributed by atoms with Gasteiger partial charge in [-0.1, -0.05) is 0 Å². The molecule has 0 spiro atoms. The maximum atomic E-state index is 5.56. The van der Waals surface area contributed by atoms with E-state index in [0.29, 0.717) is 0 Å². The predicted octanol–water partition coefficient (Wildman–Crippen LogP) is -0.0961. The van der Waals surface area contributed by atoms with Crippen molar-refractivity contribution < 1.29 is 4.90 Å². The molecule has 0 atom stereocenters. The number of nitrogens with one attached hydrogen (secondary N) is 1. The third-order valence-electron chi connectivity index (χ3n) is 1.76. The summed E-state index contributed by atoms with van der Waals surface area (Å²) in [5.74, 6) is 0.829. The number of likely N-dealkylation sites (tertiary alicyclic amines) is 1. The van der Waals surface area contributed by atoms with E-state index in [1.54, 1.807) is 4.90 Å². The van der Waals surface area contributed by atoms with Gasteiger partial charge in [-0.25, -0.2) is 0 Å². The zero-order chi connectivity index (χ0) is 5.82. The molecule has 2 heteroatoms. The maximum absolute atomic E-state index is 5.56. The molecule has 48 valence electrons. The van der Waals surface area contributed by atoms with Crippen LogP contribution >= 0.6 is 11.6 Å². The third-order valence-corrected chi connectivity index (χ3v) is 1.95. The second-order valence-corrected chi connectivity index (χ2v) is 2.77. The van der Waals surface area contributed by atoms with Crippen molar-refractivity contribution in [3.8, 4) is 0 Å². The molecule has 0 radical (unpaired) electrons. The summed E-state index contributed by atoms with van der Waals surface area (Å²) < 4.78 is 0. The molecule has 1 N–H and O–H groups in total. The smallest absolute Gasteiger partial charge is 0.0908 e. The molecule has 1 heterocycles. The first-order valence-corrected chi connectivity index (χ1v) is 3.86. The highest BCUT2D eigenvalue weighted by Crippen LogP contribution is 1.86. The average molecular weight is 135 g/mol. The van der Waals surface area contributed by atoms with Gasteiger partial charge in [-0.3, -0.25) is 0 Å². The normalized spacial score (nSPS) is 22.1. The van der Waals surface area contributed by atoms with Crippen molar-refractivity contribution in [2.75, 3.05) is 25.5 Å². The van der Waals surface area contributed by atoms with Crippen molar-refractivity contribution in [3.63, 3.8) is 0 Å². The van der Waals surface area contributed by atoms with Crippen LogP contribution in [0, 0.1) is 0 Å². The Bertz CT molecular complexity index is 59.5. The Morgan fingerprint density at radius 2 is 1.88 bits per heavy atom. The van der Waals surface area contributed by atoms with E-state index >= 15 is 0 Å². The van der Waals surface area contributed by atoms with E-state index in [-0.39, 0.29) is 0 Å². The van der Waals surface area contributed by atoms with Gasteiger partial charge < -0.3 is 4.90 Å². The lowest BCUT2D eigenvalue weighted by Gasteiger charge is -2.07. The highest BCUT2D eigenvalue weighted by molar-refractivity contribution is 6.17. The van der Waals surface area contributed by atoms with Gasteiger partial charge in [-0.05, 0) is 0 Å². The summed E-state index contributed by atoms with van der Waals surface area (Å²) in [5.41, 5.74) is 0. The lowest BCUT2D eigenvalue weighted by Crippen LogP contribution is -3.10. The Balaban J connectivity index is 2.06. The van der Waals surface area contributed by atoms with E-state index in [1.165, 1.54) is 32.5 Å². The first-order valence-electron chi connectivity index (χ1n) is 3.33. The van der Waals surface area contributed by atoms with Gasteiger partial charge in [0.2, 0.25) is 0 Å². The van der Waals surface area contributed by atoms with Gasteiger partial charge in [0.05, 0.1) is 25.5 Å². The van der Waals surface area contributed by atoms with E-state index in [0.717, 1.165) is 5.88 Å². The van der Waals surface area contributed by atoms with E-state index in [1.807, 2.05) is 0 Å². The van der Waals surface area contributed by atoms with Crippen molar-refractivity contribution in [1.29, 1.82) is 0 Å². The molecule has 1 nitrogen and oxygen atoms in total. The summed E-state index contributed by atoms with van der Waals surface area (Å²) in [6.07, 6.45) is 2.82. The summed E-state index contributed by atoms with van der Waals surface area (Å²) in [5, 5.41) is 0. The first kappa shape index (κ1) is 6.37. The summed E-state index contributed by atoms with van der Waals surface area (Å²) in [6, 6.07) is 0. The summed E-state index contributed by atoms with van der Waals surface area (Å²) in [7, 11) is 0. The quantitative estimate of drug-likeness (QED) is 0.504. The molecule has 0 aromatic rings. The van der Waals surface area contributed by atoms with Gasteiger partial charge in [-0.2, -0.15) is 0 Å². The maximum Gasteiger partial charge on any atom is 0.0908 e. The lowest BCUT2D eigenvalue weighted by molar-refractivity contribution is -0.884. The molecule has 0 aromatic carbocycles. The van der Waals surface area contributed by atoms with Crippen LogP contribution in [0.25, 0.3) is 0 Å². The van der Waals surface area contributed by atoms with E-state index in [4.69, 9.17) is 11.6 Å². The first-order chi connectivity index (χ1) is 3.93. The van der Waals surface area contributed by atoms with Gasteiger partial charge in [0.1, 0.15) is 0 Å². The van der Waals surface area contributed by atoms with Gasteiger partial charge in [0.25, 0.3) is 0 Å². The van der Waals surface area contributed by atoms with Crippen molar-refractivity contribution in [1.82, 2.24) is 0 Å². The van der Waals surface area contributed by atoms with Crippen LogP contribution in [0.15, 0.2) is 0 Å². The highest BCUT2D eigenvalue weighted by Gasteiger charge is 2.12. The Hall–Kier alpha value is 0.250. The molecule has 1 aliphatic heterocycles. The molecule has 0 aromatic heterocycles. The number of quaternary nitrogens is 1. The molecule has 0 bridgehead atoms. The van der Waals surface area contributed by atoms with Crippen LogP contribution in [0.5, 0.6) is 0 Å². The fraction of sp³-hybridized carbons (Fsp3) is 1.00. The van der Waals surface area contributed by atoms with Crippen LogP contribution < -0.4 is 4.90 Å². The number of rotatable bonds is 2. The molecule has 0 unspecified atom stereocenters. The Morgan fingerprint density at radius 3 is 2.38 bits per heavy atom.